The molecule has 3 aromatic rings. The highest BCUT2D eigenvalue weighted by atomic mass is 16.5. The van der Waals surface area contributed by atoms with E-state index in [-0.39, 0.29) is 5.75 Å². The molecule has 27 heavy (non-hydrogen) atoms. The van der Waals surface area contributed by atoms with Crippen LogP contribution < -0.4 is 18.9 Å². The second-order valence-corrected chi connectivity index (χ2v) is 5.72. The molecule has 8 nitrogen and oxygen atoms in total. The standard InChI is InChI=1S/C19H21N3O5/c1-24-15-10-12(5-6-14(15)23)18-13(20-22-21-18)7-11-8-16(25-2)19(27-4)17(9-11)26-3/h5-6,8-10,23H,7H2,1-4H3,(H,20,21,22). The summed E-state index contributed by atoms with van der Waals surface area (Å²) in [5.74, 6) is 2.11. The number of aromatic nitrogens is 3. The largest absolute Gasteiger partial charge is 0.504 e. The van der Waals surface area contributed by atoms with Crippen molar-refractivity contribution in [3.8, 4) is 40.0 Å². The fourth-order valence-corrected chi connectivity index (χ4v) is 2.86. The zero-order valence-corrected chi connectivity index (χ0v) is 15.6. The zero-order chi connectivity index (χ0) is 19.4. The number of aromatic amines is 1. The average molecular weight is 371 g/mol. The molecule has 0 aliphatic heterocycles. The van der Waals surface area contributed by atoms with Gasteiger partial charge in [0.15, 0.2) is 23.0 Å². The van der Waals surface area contributed by atoms with E-state index >= 15 is 0 Å². The molecule has 0 aliphatic carbocycles. The molecule has 2 N–H and O–H groups in total. The van der Waals surface area contributed by atoms with E-state index in [2.05, 4.69) is 15.4 Å². The number of nitrogens with zero attached hydrogens (tertiary/aromatic N) is 2. The molecule has 0 atom stereocenters. The van der Waals surface area contributed by atoms with Crippen molar-refractivity contribution in [3.05, 3.63) is 41.6 Å². The highest BCUT2D eigenvalue weighted by molar-refractivity contribution is 5.66. The van der Waals surface area contributed by atoms with Gasteiger partial charge in [0, 0.05) is 12.0 Å². The molecule has 0 bridgehead atoms. The average Bonchev–Trinajstić information content (AvgIpc) is 3.15. The predicted octanol–water partition coefficient (Wildman–Crippen LogP) is 2.80. The van der Waals surface area contributed by atoms with Gasteiger partial charge in [-0.05, 0) is 35.9 Å². The van der Waals surface area contributed by atoms with E-state index in [0.29, 0.717) is 35.1 Å². The lowest BCUT2D eigenvalue weighted by Gasteiger charge is -2.14. The number of nitrogens with one attached hydrogen (secondary N) is 1. The molecular weight excluding hydrogens is 350 g/mol. The van der Waals surface area contributed by atoms with E-state index in [1.54, 1.807) is 39.5 Å². The van der Waals surface area contributed by atoms with Crippen LogP contribution in [0.15, 0.2) is 30.3 Å². The molecule has 142 valence electrons. The fraction of sp³-hybridized carbons (Fsp3) is 0.263. The molecular formula is C19H21N3O5. The lowest BCUT2D eigenvalue weighted by molar-refractivity contribution is 0.324. The number of H-pyrrole nitrogens is 1. The number of phenols is 1. The Morgan fingerprint density at radius 1 is 0.852 bits per heavy atom. The van der Waals surface area contributed by atoms with Crippen molar-refractivity contribution < 1.29 is 24.1 Å². The van der Waals surface area contributed by atoms with Crippen molar-refractivity contribution in [2.45, 2.75) is 6.42 Å². The summed E-state index contributed by atoms with van der Waals surface area (Å²) in [5.41, 5.74) is 3.10. The lowest BCUT2D eigenvalue weighted by atomic mass is 10.0. The number of ether oxygens (including phenoxy) is 4. The number of aromatic hydroxyl groups is 1. The van der Waals surface area contributed by atoms with Crippen LogP contribution in [-0.2, 0) is 6.42 Å². The van der Waals surface area contributed by atoms with Gasteiger partial charge < -0.3 is 24.1 Å². The molecule has 3 rings (SSSR count). The van der Waals surface area contributed by atoms with Crippen LogP contribution in [0, 0.1) is 0 Å². The maximum atomic E-state index is 9.79. The molecule has 0 amide bonds. The molecule has 0 fully saturated rings. The Bertz CT molecular complexity index is 914. The molecule has 2 aromatic carbocycles. The first kappa shape index (κ1) is 18.4. The van der Waals surface area contributed by atoms with Crippen LogP contribution in [0.5, 0.6) is 28.7 Å². The van der Waals surface area contributed by atoms with Gasteiger partial charge in [0.25, 0.3) is 0 Å². The Balaban J connectivity index is 1.98. The van der Waals surface area contributed by atoms with Gasteiger partial charge in [0.2, 0.25) is 5.75 Å². The van der Waals surface area contributed by atoms with Gasteiger partial charge in [0.1, 0.15) is 5.69 Å². The summed E-state index contributed by atoms with van der Waals surface area (Å²) in [5, 5.41) is 21.0. The van der Waals surface area contributed by atoms with E-state index in [1.165, 1.54) is 7.11 Å². The smallest absolute Gasteiger partial charge is 0.203 e. The molecule has 0 unspecified atom stereocenters. The van der Waals surface area contributed by atoms with Crippen molar-refractivity contribution in [1.29, 1.82) is 0 Å². The molecule has 1 aromatic heterocycles. The van der Waals surface area contributed by atoms with Crippen molar-refractivity contribution in [2.24, 2.45) is 0 Å². The fourth-order valence-electron chi connectivity index (χ4n) is 2.86. The van der Waals surface area contributed by atoms with Crippen molar-refractivity contribution in [2.75, 3.05) is 28.4 Å². The maximum Gasteiger partial charge on any atom is 0.203 e. The van der Waals surface area contributed by atoms with Gasteiger partial charge in [0.05, 0.1) is 34.1 Å². The zero-order valence-electron chi connectivity index (χ0n) is 15.6. The number of rotatable bonds is 7. The summed E-state index contributed by atoms with van der Waals surface area (Å²) in [4.78, 5) is 0. The van der Waals surface area contributed by atoms with E-state index in [0.717, 1.165) is 16.8 Å². The molecule has 0 spiro atoms. The first-order chi connectivity index (χ1) is 13.1. The number of hydrogen-bond acceptors (Lipinski definition) is 7. The Labute approximate surface area is 156 Å². The van der Waals surface area contributed by atoms with E-state index in [1.807, 2.05) is 12.1 Å². The quantitative estimate of drug-likeness (QED) is 0.659. The lowest BCUT2D eigenvalue weighted by Crippen LogP contribution is -1.99. The molecule has 8 heteroatoms. The Kier molecular flexibility index (Phi) is 5.35. The summed E-state index contributed by atoms with van der Waals surface area (Å²) >= 11 is 0. The van der Waals surface area contributed by atoms with Crippen molar-refractivity contribution in [1.82, 2.24) is 15.4 Å². The predicted molar refractivity (Wildman–Crippen MR) is 98.9 cm³/mol. The Hall–Kier alpha value is -3.42. The topological polar surface area (TPSA) is 98.7 Å². The second kappa shape index (κ2) is 7.86. The van der Waals surface area contributed by atoms with Crippen LogP contribution in [-0.4, -0.2) is 49.0 Å². The van der Waals surface area contributed by atoms with Gasteiger partial charge in [-0.25, -0.2) is 0 Å². The minimum Gasteiger partial charge on any atom is -0.504 e. The third-order valence-electron chi connectivity index (χ3n) is 4.17. The third-order valence-corrected chi connectivity index (χ3v) is 4.17. The maximum absolute atomic E-state index is 9.79. The number of hydrogen-bond donors (Lipinski definition) is 2. The van der Waals surface area contributed by atoms with E-state index in [4.69, 9.17) is 18.9 Å². The first-order valence-electron chi connectivity index (χ1n) is 8.17. The second-order valence-electron chi connectivity index (χ2n) is 5.72. The van der Waals surface area contributed by atoms with E-state index in [9.17, 15) is 5.11 Å². The molecule has 0 radical (unpaired) electrons. The van der Waals surface area contributed by atoms with Crippen LogP contribution in [0.3, 0.4) is 0 Å². The van der Waals surface area contributed by atoms with Gasteiger partial charge in [-0.15, -0.1) is 0 Å². The number of benzene rings is 2. The Morgan fingerprint density at radius 2 is 1.52 bits per heavy atom. The summed E-state index contributed by atoms with van der Waals surface area (Å²) in [6, 6.07) is 8.78. The Morgan fingerprint density at radius 3 is 2.11 bits per heavy atom. The van der Waals surface area contributed by atoms with Crippen LogP contribution in [0.1, 0.15) is 11.3 Å². The first-order valence-corrected chi connectivity index (χ1v) is 8.17. The highest BCUT2D eigenvalue weighted by Crippen LogP contribution is 2.39. The minimum absolute atomic E-state index is 0.0657. The van der Waals surface area contributed by atoms with Crippen LogP contribution >= 0.6 is 0 Å². The van der Waals surface area contributed by atoms with E-state index < -0.39 is 0 Å². The van der Waals surface area contributed by atoms with Gasteiger partial charge in [-0.2, -0.15) is 15.4 Å². The summed E-state index contributed by atoms with van der Waals surface area (Å²) in [6.45, 7) is 0. The number of methoxy groups -OCH3 is 4. The summed E-state index contributed by atoms with van der Waals surface area (Å²) in [6.07, 6.45) is 0.492. The van der Waals surface area contributed by atoms with Gasteiger partial charge in [-0.3, -0.25) is 0 Å². The van der Waals surface area contributed by atoms with Crippen molar-refractivity contribution in [3.63, 3.8) is 0 Å². The summed E-state index contributed by atoms with van der Waals surface area (Å²) in [7, 11) is 6.21. The third kappa shape index (κ3) is 3.59. The monoisotopic (exact) mass is 371 g/mol. The SMILES string of the molecule is COc1cc(-c2n[nH]nc2Cc2cc(OC)c(OC)c(OC)c2)ccc1O. The minimum atomic E-state index is 0.0657. The highest BCUT2D eigenvalue weighted by Gasteiger charge is 2.17. The van der Waals surface area contributed by atoms with Gasteiger partial charge >= 0.3 is 0 Å². The van der Waals surface area contributed by atoms with Crippen molar-refractivity contribution >= 4 is 0 Å². The molecule has 0 saturated carbocycles. The van der Waals surface area contributed by atoms with Crippen LogP contribution in [0.4, 0.5) is 0 Å². The molecule has 0 saturated heterocycles. The summed E-state index contributed by atoms with van der Waals surface area (Å²) < 4.78 is 21.3. The van der Waals surface area contributed by atoms with Crippen LogP contribution in [0.2, 0.25) is 0 Å². The van der Waals surface area contributed by atoms with Crippen LogP contribution in [0.25, 0.3) is 11.3 Å². The molecule has 0 aliphatic rings. The number of phenolic OH excluding ortho intramolecular Hbond substituents is 1. The normalized spacial score (nSPS) is 10.5. The van der Waals surface area contributed by atoms with Gasteiger partial charge in [-0.1, -0.05) is 0 Å². The molecule has 1 heterocycles.